The van der Waals surface area contributed by atoms with Gasteiger partial charge < -0.3 is 10.1 Å². The van der Waals surface area contributed by atoms with Gasteiger partial charge in [0.05, 0.1) is 13.2 Å². The standard InChI is InChI=1S/C15H17ClN6O/c1-2-22-15-13(20-21-22)14(18-10-19-15)17-7-8-23-9-11-5-3-4-6-12(11)16/h3-6,10H,2,7-9H2,1H3,(H,17,18,19). The van der Waals surface area contributed by atoms with Crippen LogP contribution in [0, 0.1) is 0 Å². The van der Waals surface area contributed by atoms with Gasteiger partial charge in [-0.3, -0.25) is 0 Å². The van der Waals surface area contributed by atoms with Crippen LogP contribution in [0.2, 0.25) is 5.02 Å². The largest absolute Gasteiger partial charge is 0.375 e. The third kappa shape index (κ3) is 3.57. The van der Waals surface area contributed by atoms with Crippen molar-refractivity contribution in [3.05, 3.63) is 41.2 Å². The van der Waals surface area contributed by atoms with Crippen molar-refractivity contribution < 1.29 is 4.74 Å². The Balaban J connectivity index is 1.53. The summed E-state index contributed by atoms with van der Waals surface area (Å²) >= 11 is 6.08. The Morgan fingerprint density at radius 1 is 1.26 bits per heavy atom. The van der Waals surface area contributed by atoms with E-state index in [1.165, 1.54) is 6.33 Å². The van der Waals surface area contributed by atoms with E-state index >= 15 is 0 Å². The molecule has 3 aromatic rings. The van der Waals surface area contributed by atoms with Crippen molar-refractivity contribution in [2.24, 2.45) is 0 Å². The third-order valence-corrected chi connectivity index (χ3v) is 3.72. The maximum absolute atomic E-state index is 6.08. The topological polar surface area (TPSA) is 77.8 Å². The van der Waals surface area contributed by atoms with Crippen molar-refractivity contribution in [1.29, 1.82) is 0 Å². The van der Waals surface area contributed by atoms with E-state index < -0.39 is 0 Å². The van der Waals surface area contributed by atoms with E-state index in [1.54, 1.807) is 4.68 Å². The summed E-state index contributed by atoms with van der Waals surface area (Å²) in [6.45, 7) is 4.32. The van der Waals surface area contributed by atoms with E-state index in [-0.39, 0.29) is 0 Å². The molecule has 0 amide bonds. The van der Waals surface area contributed by atoms with Crippen LogP contribution < -0.4 is 5.32 Å². The van der Waals surface area contributed by atoms with Crippen molar-refractivity contribution in [2.45, 2.75) is 20.1 Å². The van der Waals surface area contributed by atoms with Crippen LogP contribution in [-0.4, -0.2) is 38.1 Å². The lowest BCUT2D eigenvalue weighted by atomic mass is 10.2. The second kappa shape index (κ2) is 7.34. The molecule has 0 saturated heterocycles. The molecule has 0 atom stereocenters. The van der Waals surface area contributed by atoms with Crippen LogP contribution in [0.1, 0.15) is 12.5 Å². The van der Waals surface area contributed by atoms with Crippen molar-refractivity contribution >= 4 is 28.6 Å². The summed E-state index contributed by atoms with van der Waals surface area (Å²) in [5.74, 6) is 0.663. The summed E-state index contributed by atoms with van der Waals surface area (Å²) in [5, 5.41) is 12.1. The maximum atomic E-state index is 6.08. The van der Waals surface area contributed by atoms with Crippen LogP contribution in [0.5, 0.6) is 0 Å². The van der Waals surface area contributed by atoms with E-state index in [1.807, 2.05) is 31.2 Å². The van der Waals surface area contributed by atoms with Gasteiger partial charge in [-0.15, -0.1) is 5.10 Å². The number of anilines is 1. The Morgan fingerprint density at radius 2 is 2.13 bits per heavy atom. The molecule has 1 aromatic carbocycles. The quantitative estimate of drug-likeness (QED) is 0.670. The summed E-state index contributed by atoms with van der Waals surface area (Å²) in [5.41, 5.74) is 2.37. The monoisotopic (exact) mass is 332 g/mol. The molecule has 0 spiro atoms. The number of benzene rings is 1. The fourth-order valence-electron chi connectivity index (χ4n) is 2.17. The first kappa shape index (κ1) is 15.6. The van der Waals surface area contributed by atoms with Gasteiger partial charge in [0.2, 0.25) is 0 Å². The molecule has 0 aliphatic rings. The Kier molecular flexibility index (Phi) is 4.99. The van der Waals surface area contributed by atoms with Crippen LogP contribution in [0.3, 0.4) is 0 Å². The molecule has 120 valence electrons. The average molecular weight is 333 g/mol. The number of rotatable bonds is 7. The molecule has 0 aliphatic heterocycles. The summed E-state index contributed by atoms with van der Waals surface area (Å²) in [6, 6.07) is 7.65. The summed E-state index contributed by atoms with van der Waals surface area (Å²) in [7, 11) is 0. The molecular weight excluding hydrogens is 316 g/mol. The number of aryl methyl sites for hydroxylation is 1. The number of hydrogen-bond acceptors (Lipinski definition) is 6. The van der Waals surface area contributed by atoms with Gasteiger partial charge in [0.25, 0.3) is 0 Å². The lowest BCUT2D eigenvalue weighted by Gasteiger charge is -2.08. The maximum Gasteiger partial charge on any atom is 0.183 e. The van der Waals surface area contributed by atoms with E-state index in [2.05, 4.69) is 25.6 Å². The van der Waals surface area contributed by atoms with E-state index in [9.17, 15) is 0 Å². The first-order valence-electron chi connectivity index (χ1n) is 7.38. The highest BCUT2D eigenvalue weighted by atomic mass is 35.5. The first-order chi connectivity index (χ1) is 11.3. The zero-order chi connectivity index (χ0) is 16.1. The lowest BCUT2D eigenvalue weighted by Crippen LogP contribution is -2.11. The highest BCUT2D eigenvalue weighted by Gasteiger charge is 2.10. The normalized spacial score (nSPS) is 11.0. The fraction of sp³-hybridized carbons (Fsp3) is 0.333. The third-order valence-electron chi connectivity index (χ3n) is 3.35. The van der Waals surface area contributed by atoms with Gasteiger partial charge in [-0.1, -0.05) is 35.0 Å². The Labute approximate surface area is 138 Å². The predicted octanol–water partition coefficient (Wildman–Crippen LogP) is 2.52. The lowest BCUT2D eigenvalue weighted by molar-refractivity contribution is 0.130. The van der Waals surface area contributed by atoms with Crippen LogP contribution in [0.15, 0.2) is 30.6 Å². The summed E-state index contributed by atoms with van der Waals surface area (Å²) < 4.78 is 7.36. The van der Waals surface area contributed by atoms with Crippen LogP contribution >= 0.6 is 11.6 Å². The average Bonchev–Trinajstić information content (AvgIpc) is 3.00. The minimum atomic E-state index is 0.479. The number of ether oxygens (including phenoxy) is 1. The van der Waals surface area contributed by atoms with Gasteiger partial charge >= 0.3 is 0 Å². The molecule has 0 fully saturated rings. The SMILES string of the molecule is CCn1nnc2c(NCCOCc3ccccc3Cl)ncnc21. The number of halogens is 1. The van der Waals surface area contributed by atoms with Gasteiger partial charge in [0.15, 0.2) is 17.0 Å². The minimum absolute atomic E-state index is 0.479. The zero-order valence-corrected chi connectivity index (χ0v) is 13.5. The number of hydrogen-bond donors (Lipinski definition) is 1. The van der Waals surface area contributed by atoms with Crippen molar-refractivity contribution in [2.75, 3.05) is 18.5 Å². The van der Waals surface area contributed by atoms with Crippen LogP contribution in [0.25, 0.3) is 11.2 Å². The smallest absolute Gasteiger partial charge is 0.183 e. The molecule has 1 N–H and O–H groups in total. The Morgan fingerprint density at radius 3 is 2.96 bits per heavy atom. The molecule has 7 nitrogen and oxygen atoms in total. The van der Waals surface area contributed by atoms with E-state index in [4.69, 9.17) is 16.3 Å². The molecule has 0 unspecified atom stereocenters. The van der Waals surface area contributed by atoms with Crippen LogP contribution in [-0.2, 0) is 17.9 Å². The molecule has 8 heteroatoms. The van der Waals surface area contributed by atoms with Crippen molar-refractivity contribution in [1.82, 2.24) is 25.0 Å². The van der Waals surface area contributed by atoms with Gasteiger partial charge in [0.1, 0.15) is 6.33 Å². The molecule has 0 aliphatic carbocycles. The summed E-state index contributed by atoms with van der Waals surface area (Å²) in [4.78, 5) is 8.42. The molecule has 3 rings (SSSR count). The van der Waals surface area contributed by atoms with Gasteiger partial charge in [-0.05, 0) is 18.6 Å². The minimum Gasteiger partial charge on any atom is -0.375 e. The Bertz CT molecular complexity index is 790. The van der Waals surface area contributed by atoms with Crippen molar-refractivity contribution in [3.8, 4) is 0 Å². The second-order valence-electron chi connectivity index (χ2n) is 4.87. The number of nitrogens with zero attached hydrogens (tertiary/aromatic N) is 5. The molecule has 0 bridgehead atoms. The van der Waals surface area contributed by atoms with Gasteiger partial charge in [-0.25, -0.2) is 14.6 Å². The predicted molar refractivity (Wildman–Crippen MR) is 88.4 cm³/mol. The molecular formula is C15H17ClN6O. The van der Waals surface area contributed by atoms with Crippen LogP contribution in [0.4, 0.5) is 5.82 Å². The van der Waals surface area contributed by atoms with Gasteiger partial charge in [-0.2, -0.15) is 0 Å². The van der Waals surface area contributed by atoms with Gasteiger partial charge in [0, 0.05) is 18.1 Å². The number of aromatic nitrogens is 5. The molecule has 0 radical (unpaired) electrons. The molecule has 0 saturated carbocycles. The number of fused-ring (bicyclic) bond motifs is 1. The van der Waals surface area contributed by atoms with Crippen molar-refractivity contribution in [3.63, 3.8) is 0 Å². The molecule has 23 heavy (non-hydrogen) atoms. The molecule has 2 aromatic heterocycles. The first-order valence-corrected chi connectivity index (χ1v) is 7.76. The highest BCUT2D eigenvalue weighted by molar-refractivity contribution is 6.31. The van der Waals surface area contributed by atoms with E-state index in [0.717, 1.165) is 11.2 Å². The number of nitrogens with one attached hydrogen (secondary N) is 1. The fourth-order valence-corrected chi connectivity index (χ4v) is 2.36. The second-order valence-corrected chi connectivity index (χ2v) is 5.28. The molecule has 2 heterocycles. The Hall–Kier alpha value is -2.25. The zero-order valence-electron chi connectivity index (χ0n) is 12.7. The summed E-state index contributed by atoms with van der Waals surface area (Å²) in [6.07, 6.45) is 1.50. The van der Waals surface area contributed by atoms with E-state index in [0.29, 0.717) is 42.7 Å². The highest BCUT2D eigenvalue weighted by Crippen LogP contribution is 2.16.